The average Bonchev–Trinajstić information content (AvgIpc) is 2.72. The second kappa shape index (κ2) is 2.68. The highest BCUT2D eigenvalue weighted by Gasteiger charge is 2.71. The molecule has 2 aliphatic carbocycles. The summed E-state index contributed by atoms with van der Waals surface area (Å²) in [5.41, 5.74) is 4.53. The summed E-state index contributed by atoms with van der Waals surface area (Å²) in [5, 5.41) is 27.1. The quantitative estimate of drug-likeness (QED) is 0.428. The Labute approximate surface area is 81.5 Å². The largest absolute Gasteiger partial charge is 0.480 e. The van der Waals surface area contributed by atoms with E-state index in [1.165, 1.54) is 0 Å². The lowest BCUT2D eigenvalue weighted by Gasteiger charge is -2.24. The van der Waals surface area contributed by atoms with Gasteiger partial charge in [-0.15, -0.1) is 0 Å². The molecule has 0 spiro atoms. The van der Waals surface area contributed by atoms with Gasteiger partial charge in [-0.05, 0) is 24.2 Å². The van der Waals surface area contributed by atoms with Crippen molar-refractivity contribution in [1.82, 2.24) is 0 Å². The Morgan fingerprint density at radius 2 is 2.14 bits per heavy atom. The highest BCUT2D eigenvalue weighted by Crippen LogP contribution is 2.64. The van der Waals surface area contributed by atoms with E-state index >= 15 is 0 Å². The molecule has 0 heterocycles. The lowest BCUT2D eigenvalue weighted by atomic mass is 9.88. The molecule has 2 fully saturated rings. The van der Waals surface area contributed by atoms with Crippen molar-refractivity contribution in [2.24, 2.45) is 29.4 Å². The van der Waals surface area contributed by atoms with Crippen LogP contribution < -0.4 is 5.73 Å². The van der Waals surface area contributed by atoms with Crippen LogP contribution in [-0.2, 0) is 4.79 Å². The zero-order valence-corrected chi connectivity index (χ0v) is 7.92. The number of hydrogen-bond acceptors (Lipinski definition) is 4. The first-order valence-corrected chi connectivity index (χ1v) is 4.78. The SMILES string of the molecule is CC1CC(N)(C(=O)O)C2C(C(O)O)C12. The summed E-state index contributed by atoms with van der Waals surface area (Å²) < 4.78 is 0. The molecule has 5 unspecified atom stereocenters. The summed E-state index contributed by atoms with van der Waals surface area (Å²) in [6.45, 7) is 1.91. The van der Waals surface area contributed by atoms with E-state index in [1.807, 2.05) is 6.92 Å². The van der Waals surface area contributed by atoms with Crippen LogP contribution in [0.4, 0.5) is 0 Å². The number of hydrogen-bond donors (Lipinski definition) is 4. The zero-order valence-electron chi connectivity index (χ0n) is 7.92. The van der Waals surface area contributed by atoms with Gasteiger partial charge in [-0.1, -0.05) is 6.92 Å². The number of fused-ring (bicyclic) bond motifs is 1. The minimum Gasteiger partial charge on any atom is -0.480 e. The molecule has 0 aliphatic heterocycles. The third kappa shape index (κ3) is 1.03. The first-order valence-electron chi connectivity index (χ1n) is 4.78. The number of aliphatic hydroxyl groups is 2. The van der Waals surface area contributed by atoms with E-state index in [9.17, 15) is 4.79 Å². The van der Waals surface area contributed by atoms with Gasteiger partial charge in [-0.25, -0.2) is 0 Å². The van der Waals surface area contributed by atoms with E-state index in [0.29, 0.717) is 6.42 Å². The molecular weight excluding hydrogens is 186 g/mol. The minimum absolute atomic E-state index is 0.0658. The van der Waals surface area contributed by atoms with E-state index in [1.54, 1.807) is 0 Å². The Balaban J connectivity index is 2.22. The number of carbonyl (C=O) groups is 1. The number of rotatable bonds is 2. The Morgan fingerprint density at radius 1 is 1.57 bits per heavy atom. The Bertz CT molecular complexity index is 276. The van der Waals surface area contributed by atoms with Crippen molar-refractivity contribution in [1.29, 1.82) is 0 Å². The van der Waals surface area contributed by atoms with Gasteiger partial charge in [0.1, 0.15) is 5.54 Å². The van der Waals surface area contributed by atoms with Crippen LogP contribution in [-0.4, -0.2) is 33.1 Å². The van der Waals surface area contributed by atoms with E-state index in [2.05, 4.69) is 0 Å². The Hall–Kier alpha value is -0.650. The van der Waals surface area contributed by atoms with Crippen molar-refractivity contribution in [3.8, 4) is 0 Å². The summed E-state index contributed by atoms with van der Waals surface area (Å²) in [4.78, 5) is 11.0. The fourth-order valence-corrected chi connectivity index (χ4v) is 3.20. The highest BCUT2D eigenvalue weighted by atomic mass is 16.5. The van der Waals surface area contributed by atoms with Gasteiger partial charge in [-0.2, -0.15) is 0 Å². The van der Waals surface area contributed by atoms with Gasteiger partial charge in [0.15, 0.2) is 6.29 Å². The molecule has 5 nitrogen and oxygen atoms in total. The monoisotopic (exact) mass is 201 g/mol. The third-order valence-corrected chi connectivity index (χ3v) is 3.79. The van der Waals surface area contributed by atoms with Gasteiger partial charge >= 0.3 is 5.97 Å². The normalized spacial score (nSPS) is 50.6. The van der Waals surface area contributed by atoms with Crippen LogP contribution in [0.1, 0.15) is 13.3 Å². The van der Waals surface area contributed by atoms with Crippen LogP contribution in [0.2, 0.25) is 0 Å². The number of carboxylic acids is 1. The van der Waals surface area contributed by atoms with Crippen LogP contribution in [0, 0.1) is 23.7 Å². The zero-order chi connectivity index (χ0) is 10.7. The molecule has 5 atom stereocenters. The fourth-order valence-electron chi connectivity index (χ4n) is 3.20. The maximum atomic E-state index is 11.0. The van der Waals surface area contributed by atoms with Crippen molar-refractivity contribution in [2.45, 2.75) is 25.2 Å². The molecule has 0 aromatic carbocycles. The molecule has 5 heteroatoms. The molecule has 5 N–H and O–H groups in total. The molecule has 0 amide bonds. The van der Waals surface area contributed by atoms with Gasteiger partial charge in [0.2, 0.25) is 0 Å². The van der Waals surface area contributed by atoms with E-state index in [-0.39, 0.29) is 23.7 Å². The van der Waals surface area contributed by atoms with Gasteiger partial charge in [0, 0.05) is 5.92 Å². The van der Waals surface area contributed by atoms with Crippen molar-refractivity contribution in [2.75, 3.05) is 0 Å². The molecule has 14 heavy (non-hydrogen) atoms. The van der Waals surface area contributed by atoms with Gasteiger partial charge in [0.05, 0.1) is 0 Å². The van der Waals surface area contributed by atoms with Crippen molar-refractivity contribution in [3.05, 3.63) is 0 Å². The van der Waals surface area contributed by atoms with Crippen LogP contribution in [0.5, 0.6) is 0 Å². The van der Waals surface area contributed by atoms with Crippen molar-refractivity contribution in [3.63, 3.8) is 0 Å². The second-order valence-corrected chi connectivity index (χ2v) is 4.62. The predicted molar refractivity (Wildman–Crippen MR) is 47.0 cm³/mol. The molecule has 0 aromatic heterocycles. The first-order chi connectivity index (χ1) is 6.39. The minimum atomic E-state index is -1.44. The van der Waals surface area contributed by atoms with Crippen LogP contribution in [0.15, 0.2) is 0 Å². The molecule has 0 aromatic rings. The smallest absolute Gasteiger partial charge is 0.323 e. The fraction of sp³-hybridized carbons (Fsp3) is 0.889. The number of carboxylic acid groups (broad SMARTS) is 1. The molecular formula is C9H15NO4. The van der Waals surface area contributed by atoms with Crippen LogP contribution in [0.3, 0.4) is 0 Å². The molecule has 2 saturated carbocycles. The Kier molecular flexibility index (Phi) is 1.90. The summed E-state index contributed by atoms with van der Waals surface area (Å²) in [5.74, 6) is -1.42. The van der Waals surface area contributed by atoms with Crippen molar-refractivity contribution >= 4 is 5.97 Å². The summed E-state index contributed by atoms with van der Waals surface area (Å²) in [7, 11) is 0. The van der Waals surface area contributed by atoms with E-state index < -0.39 is 17.8 Å². The summed E-state index contributed by atoms with van der Waals surface area (Å²) in [6.07, 6.45) is -1.00. The number of aliphatic hydroxyl groups excluding tert-OH is 1. The number of aliphatic carboxylic acids is 1. The first kappa shape index (κ1) is 9.89. The molecule has 0 saturated heterocycles. The molecule has 0 bridgehead atoms. The lowest BCUT2D eigenvalue weighted by molar-refractivity contribution is -0.145. The van der Waals surface area contributed by atoms with E-state index in [4.69, 9.17) is 21.1 Å². The average molecular weight is 201 g/mol. The maximum absolute atomic E-state index is 11.0. The Morgan fingerprint density at radius 3 is 2.50 bits per heavy atom. The highest BCUT2D eigenvalue weighted by molar-refractivity contribution is 5.80. The molecule has 2 rings (SSSR count). The van der Waals surface area contributed by atoms with Crippen molar-refractivity contribution < 1.29 is 20.1 Å². The van der Waals surface area contributed by atoms with Gasteiger partial charge < -0.3 is 21.1 Å². The summed E-state index contributed by atoms with van der Waals surface area (Å²) >= 11 is 0. The standard InChI is InChI=1S/C9H15NO4/c1-3-2-9(10,8(13)14)6-4(3)5(6)7(11)12/h3-7,11-12H,2,10H2,1H3,(H,13,14). The maximum Gasteiger partial charge on any atom is 0.323 e. The second-order valence-electron chi connectivity index (χ2n) is 4.62. The third-order valence-electron chi connectivity index (χ3n) is 3.79. The number of nitrogens with two attached hydrogens (primary N) is 1. The summed E-state index contributed by atoms with van der Waals surface area (Å²) in [6, 6.07) is 0. The topological polar surface area (TPSA) is 104 Å². The van der Waals surface area contributed by atoms with E-state index in [0.717, 1.165) is 0 Å². The molecule has 2 aliphatic rings. The predicted octanol–water partition coefficient (Wildman–Crippen LogP) is -1.02. The van der Waals surface area contributed by atoms with Crippen LogP contribution >= 0.6 is 0 Å². The lowest BCUT2D eigenvalue weighted by Crippen LogP contribution is -2.50. The molecule has 80 valence electrons. The molecule has 0 radical (unpaired) electrons. The van der Waals surface area contributed by atoms with Gasteiger partial charge in [0.25, 0.3) is 0 Å². The van der Waals surface area contributed by atoms with Gasteiger partial charge in [-0.3, -0.25) is 4.79 Å². The van der Waals surface area contributed by atoms with Crippen LogP contribution in [0.25, 0.3) is 0 Å².